The van der Waals surface area contributed by atoms with Crippen LogP contribution >= 0.6 is 0 Å². The van der Waals surface area contributed by atoms with E-state index in [9.17, 15) is 4.79 Å². The van der Waals surface area contributed by atoms with Crippen LogP contribution in [0.15, 0.2) is 23.2 Å². The Labute approximate surface area is 76.3 Å². The van der Waals surface area contributed by atoms with E-state index < -0.39 is 0 Å². The van der Waals surface area contributed by atoms with Gasteiger partial charge in [0.05, 0.1) is 17.2 Å². The number of Topliss-reactive ketones (excluding diaryl/α,β-unsaturated/α-hetero) is 1. The largest absolute Gasteiger partial charge is 0.398 e. The van der Waals surface area contributed by atoms with Crippen LogP contribution in [0.1, 0.15) is 17.3 Å². The summed E-state index contributed by atoms with van der Waals surface area (Å²) in [5, 5.41) is 0. The molecule has 3 heteroatoms. The molecule has 0 amide bonds. The molecular weight excluding hydrogens is 164 g/mol. The van der Waals surface area contributed by atoms with Gasteiger partial charge in [0.2, 0.25) is 0 Å². The van der Waals surface area contributed by atoms with Gasteiger partial charge < -0.3 is 5.73 Å². The number of nitrogens with zero attached hydrogens (tertiary/aromatic N) is 1. The lowest BCUT2D eigenvalue weighted by molar-refractivity contribution is 0.0963. The molecule has 3 nitrogen and oxygen atoms in total. The molecule has 0 radical (unpaired) electrons. The average Bonchev–Trinajstić information content (AvgIpc) is 2.12. The van der Waals surface area contributed by atoms with Gasteiger partial charge in [0.25, 0.3) is 0 Å². The van der Waals surface area contributed by atoms with Crippen LogP contribution in [-0.2, 0) is 0 Å². The molecule has 0 bridgehead atoms. The second-order valence-corrected chi connectivity index (χ2v) is 3.17. The zero-order valence-electron chi connectivity index (χ0n) is 7.32. The third-order valence-electron chi connectivity index (χ3n) is 2.17. The van der Waals surface area contributed by atoms with Crippen LogP contribution < -0.4 is 5.73 Å². The Balaban J connectivity index is 2.67. The number of hydrogen-bond donors (Lipinski definition) is 1. The van der Waals surface area contributed by atoms with Gasteiger partial charge in [-0.1, -0.05) is 13.0 Å². The Hall–Kier alpha value is -1.64. The smallest absolute Gasteiger partial charge is 0.175 e. The Kier molecular flexibility index (Phi) is 1.65. The molecule has 0 saturated heterocycles. The third-order valence-corrected chi connectivity index (χ3v) is 2.17. The number of nitrogen functional groups attached to an aromatic ring is 1. The zero-order valence-corrected chi connectivity index (χ0v) is 7.32. The molecule has 13 heavy (non-hydrogen) atoms. The van der Waals surface area contributed by atoms with E-state index in [1.54, 1.807) is 24.4 Å². The molecule has 1 aliphatic rings. The van der Waals surface area contributed by atoms with Gasteiger partial charge in [-0.15, -0.1) is 0 Å². The second-order valence-electron chi connectivity index (χ2n) is 3.17. The first-order valence-corrected chi connectivity index (χ1v) is 4.17. The lowest BCUT2D eigenvalue weighted by atomic mass is 9.95. The van der Waals surface area contributed by atoms with Crippen molar-refractivity contribution in [2.75, 3.05) is 5.73 Å². The predicted octanol–water partition coefficient (Wildman–Crippen LogP) is 1.80. The van der Waals surface area contributed by atoms with Crippen LogP contribution in [0, 0.1) is 5.92 Å². The fraction of sp³-hybridized carbons (Fsp3) is 0.200. The third kappa shape index (κ3) is 1.13. The van der Waals surface area contributed by atoms with Crippen LogP contribution in [-0.4, -0.2) is 12.0 Å². The van der Waals surface area contributed by atoms with Gasteiger partial charge >= 0.3 is 0 Å². The van der Waals surface area contributed by atoms with E-state index in [-0.39, 0.29) is 11.7 Å². The molecule has 0 fully saturated rings. The molecular formula is C10H10N2O. The van der Waals surface area contributed by atoms with Crippen LogP contribution in [0.2, 0.25) is 0 Å². The number of hydrogen-bond acceptors (Lipinski definition) is 3. The maximum atomic E-state index is 11.7. The lowest BCUT2D eigenvalue weighted by Gasteiger charge is -2.14. The molecule has 0 saturated carbocycles. The highest BCUT2D eigenvalue weighted by atomic mass is 16.1. The number of aliphatic imine (C=N–C) groups is 1. The van der Waals surface area contributed by atoms with E-state index in [2.05, 4.69) is 4.99 Å². The number of fused-ring (bicyclic) bond motifs is 1. The fourth-order valence-electron chi connectivity index (χ4n) is 1.42. The number of ketones is 1. The standard InChI is InChI=1S/C10H10N2O/c1-6-5-12-8-4-2-3-7(11)9(8)10(6)13/h2-6H,11H2,1H3. The van der Waals surface area contributed by atoms with E-state index in [1.807, 2.05) is 6.92 Å². The first kappa shape index (κ1) is 7.98. The lowest BCUT2D eigenvalue weighted by Crippen LogP contribution is -2.17. The van der Waals surface area contributed by atoms with Crippen LogP contribution in [0.3, 0.4) is 0 Å². The fourth-order valence-corrected chi connectivity index (χ4v) is 1.42. The molecule has 0 aromatic heterocycles. The van der Waals surface area contributed by atoms with Crippen molar-refractivity contribution in [3.8, 4) is 0 Å². The van der Waals surface area contributed by atoms with Crippen molar-refractivity contribution in [2.24, 2.45) is 10.9 Å². The Morgan fingerprint density at radius 2 is 2.23 bits per heavy atom. The van der Waals surface area contributed by atoms with Gasteiger partial charge in [-0.25, -0.2) is 0 Å². The molecule has 0 spiro atoms. The summed E-state index contributed by atoms with van der Waals surface area (Å²) >= 11 is 0. The van der Waals surface area contributed by atoms with Gasteiger partial charge in [0.1, 0.15) is 0 Å². The number of nitrogens with two attached hydrogens (primary N) is 1. The van der Waals surface area contributed by atoms with Gasteiger partial charge in [-0.05, 0) is 12.1 Å². The number of anilines is 1. The first-order chi connectivity index (χ1) is 6.20. The maximum Gasteiger partial charge on any atom is 0.175 e. The Bertz CT molecular complexity index is 396. The van der Waals surface area contributed by atoms with E-state index in [1.165, 1.54) is 0 Å². The normalized spacial score (nSPS) is 20.1. The first-order valence-electron chi connectivity index (χ1n) is 4.17. The number of benzene rings is 1. The molecule has 1 aliphatic heterocycles. The molecule has 0 aliphatic carbocycles. The summed E-state index contributed by atoms with van der Waals surface area (Å²) in [6.07, 6.45) is 1.66. The average molecular weight is 174 g/mol. The van der Waals surface area contributed by atoms with Gasteiger partial charge in [-0.2, -0.15) is 0 Å². The summed E-state index contributed by atoms with van der Waals surface area (Å²) in [7, 11) is 0. The molecule has 1 heterocycles. The van der Waals surface area contributed by atoms with Crippen molar-refractivity contribution < 1.29 is 4.79 Å². The van der Waals surface area contributed by atoms with Crippen LogP contribution in [0.4, 0.5) is 11.4 Å². The van der Waals surface area contributed by atoms with E-state index in [4.69, 9.17) is 5.73 Å². The maximum absolute atomic E-state index is 11.7. The summed E-state index contributed by atoms with van der Waals surface area (Å²) in [6.45, 7) is 1.82. The highest BCUT2D eigenvalue weighted by molar-refractivity contribution is 6.14. The quantitative estimate of drug-likeness (QED) is 0.610. The van der Waals surface area contributed by atoms with Crippen molar-refractivity contribution in [1.82, 2.24) is 0 Å². The topological polar surface area (TPSA) is 55.4 Å². The van der Waals surface area contributed by atoms with Crippen molar-refractivity contribution >= 4 is 23.4 Å². The summed E-state index contributed by atoms with van der Waals surface area (Å²) in [4.78, 5) is 15.8. The molecule has 1 aromatic rings. The summed E-state index contributed by atoms with van der Waals surface area (Å²) in [5.41, 5.74) is 7.47. The minimum atomic E-state index is -0.155. The SMILES string of the molecule is CC1C=Nc2cccc(N)c2C1=O. The molecule has 2 N–H and O–H groups in total. The highest BCUT2D eigenvalue weighted by Gasteiger charge is 2.22. The Morgan fingerprint density at radius 1 is 1.46 bits per heavy atom. The molecule has 66 valence electrons. The molecule has 1 aromatic carbocycles. The monoisotopic (exact) mass is 174 g/mol. The molecule has 1 atom stereocenters. The second kappa shape index (κ2) is 2.69. The number of rotatable bonds is 0. The highest BCUT2D eigenvalue weighted by Crippen LogP contribution is 2.30. The molecule has 2 rings (SSSR count). The Morgan fingerprint density at radius 3 is 3.00 bits per heavy atom. The van der Waals surface area contributed by atoms with Crippen LogP contribution in [0.5, 0.6) is 0 Å². The zero-order chi connectivity index (χ0) is 9.42. The number of carbonyl (C=O) groups is 1. The van der Waals surface area contributed by atoms with Crippen molar-refractivity contribution in [3.05, 3.63) is 23.8 Å². The van der Waals surface area contributed by atoms with E-state index in [0.717, 1.165) is 0 Å². The molecule has 1 unspecified atom stereocenters. The van der Waals surface area contributed by atoms with Gasteiger partial charge in [0, 0.05) is 11.9 Å². The van der Waals surface area contributed by atoms with Crippen LogP contribution in [0.25, 0.3) is 0 Å². The van der Waals surface area contributed by atoms with Gasteiger partial charge in [-0.3, -0.25) is 9.79 Å². The summed E-state index contributed by atoms with van der Waals surface area (Å²) in [5.74, 6) is -0.0969. The predicted molar refractivity (Wildman–Crippen MR) is 52.5 cm³/mol. The number of carbonyl (C=O) groups excluding carboxylic acids is 1. The van der Waals surface area contributed by atoms with Gasteiger partial charge in [0.15, 0.2) is 5.78 Å². The minimum Gasteiger partial charge on any atom is -0.398 e. The minimum absolute atomic E-state index is 0.0584. The van der Waals surface area contributed by atoms with E-state index >= 15 is 0 Å². The van der Waals surface area contributed by atoms with Crippen molar-refractivity contribution in [1.29, 1.82) is 0 Å². The summed E-state index contributed by atoms with van der Waals surface area (Å²) in [6, 6.07) is 5.32. The van der Waals surface area contributed by atoms with E-state index in [0.29, 0.717) is 16.9 Å². The van der Waals surface area contributed by atoms with Crippen molar-refractivity contribution in [3.63, 3.8) is 0 Å². The summed E-state index contributed by atoms with van der Waals surface area (Å²) < 4.78 is 0. The van der Waals surface area contributed by atoms with Crippen molar-refractivity contribution in [2.45, 2.75) is 6.92 Å².